The van der Waals surface area contributed by atoms with Crippen LogP contribution in [0.2, 0.25) is 5.02 Å². The summed E-state index contributed by atoms with van der Waals surface area (Å²) in [4.78, 5) is 29.1. The molecule has 0 aliphatic rings. The molecule has 2 aromatic heterocycles. The summed E-state index contributed by atoms with van der Waals surface area (Å²) in [5, 5.41) is 11.6. The van der Waals surface area contributed by atoms with Crippen LogP contribution in [-0.2, 0) is 17.8 Å². The predicted molar refractivity (Wildman–Crippen MR) is 167 cm³/mol. The maximum atomic E-state index is 13.6. The Hall–Kier alpha value is -3.30. The highest BCUT2D eigenvalue weighted by Gasteiger charge is 2.39. The van der Waals surface area contributed by atoms with Gasteiger partial charge in [-0.25, -0.2) is 0 Å². The first kappa shape index (κ1) is 32.6. The van der Waals surface area contributed by atoms with Crippen LogP contribution in [0.15, 0.2) is 53.3 Å². The number of unbranched alkanes of at least 4 members (excludes halogenated alkanes) is 5. The summed E-state index contributed by atoms with van der Waals surface area (Å²) >= 11 is 6.60. The number of aliphatic hydroxyl groups is 1. The quantitative estimate of drug-likeness (QED) is 0.141. The van der Waals surface area contributed by atoms with Gasteiger partial charge in [0.2, 0.25) is 11.5 Å². The van der Waals surface area contributed by atoms with Crippen LogP contribution in [-0.4, -0.2) is 51.3 Å². The summed E-state index contributed by atoms with van der Waals surface area (Å²) in [7, 11) is 1.85. The minimum absolute atomic E-state index is 0.164. The van der Waals surface area contributed by atoms with Crippen molar-refractivity contribution in [1.82, 2.24) is 14.5 Å². The van der Waals surface area contributed by atoms with E-state index in [1.807, 2.05) is 37.4 Å². The first-order valence-corrected chi connectivity index (χ1v) is 15.3. The van der Waals surface area contributed by atoms with E-state index in [-0.39, 0.29) is 16.5 Å². The Balaban J connectivity index is 1.65. The molecule has 0 saturated heterocycles. The molecule has 0 aliphatic carbocycles. The Morgan fingerprint density at radius 1 is 1.02 bits per heavy atom. The molecule has 0 unspecified atom stereocenters. The summed E-state index contributed by atoms with van der Waals surface area (Å²) in [5.41, 5.74) is 2.76. The molecule has 43 heavy (non-hydrogen) atoms. The molecule has 0 radical (unpaired) electrons. The van der Waals surface area contributed by atoms with Gasteiger partial charge < -0.3 is 19.6 Å². The van der Waals surface area contributed by atoms with E-state index in [1.165, 1.54) is 10.6 Å². The molecule has 2 N–H and O–H groups in total. The van der Waals surface area contributed by atoms with Crippen molar-refractivity contribution >= 4 is 39.3 Å². The van der Waals surface area contributed by atoms with Crippen LogP contribution in [0.4, 0.5) is 13.2 Å². The monoisotopic (exact) mass is 617 g/mol. The molecule has 232 valence electrons. The zero-order valence-corrected chi connectivity index (χ0v) is 25.4. The lowest BCUT2D eigenvalue weighted by molar-refractivity contribution is -0.207. The van der Waals surface area contributed by atoms with E-state index >= 15 is 0 Å². The third kappa shape index (κ3) is 7.81. The van der Waals surface area contributed by atoms with Gasteiger partial charge in [-0.1, -0.05) is 74.5 Å². The largest absolute Gasteiger partial charge is 0.416 e. The van der Waals surface area contributed by atoms with E-state index in [9.17, 15) is 27.9 Å². The van der Waals surface area contributed by atoms with Gasteiger partial charge in [0, 0.05) is 42.4 Å². The highest BCUT2D eigenvalue weighted by atomic mass is 35.5. The van der Waals surface area contributed by atoms with Gasteiger partial charge in [-0.15, -0.1) is 0 Å². The van der Waals surface area contributed by atoms with Crippen LogP contribution < -0.4 is 5.56 Å². The minimum Gasteiger partial charge on any atom is -0.382 e. The predicted octanol–water partition coefficient (Wildman–Crippen LogP) is 7.87. The molecule has 4 aromatic rings. The topological polar surface area (TPSA) is 78.3 Å². The number of hydrogen-bond acceptors (Lipinski definition) is 3. The zero-order valence-electron chi connectivity index (χ0n) is 24.6. The molecular weight excluding hydrogens is 579 g/mol. The lowest BCUT2D eigenvalue weighted by Gasteiger charge is -2.19. The van der Waals surface area contributed by atoms with E-state index in [0.29, 0.717) is 40.3 Å². The van der Waals surface area contributed by atoms with Gasteiger partial charge in [0.25, 0.3) is 0 Å². The number of nitrogens with one attached hydrogen (secondary N) is 1. The Morgan fingerprint density at radius 2 is 1.72 bits per heavy atom. The molecule has 0 saturated carbocycles. The first-order chi connectivity index (χ1) is 20.5. The lowest BCUT2D eigenvalue weighted by atomic mass is 9.97. The summed E-state index contributed by atoms with van der Waals surface area (Å²) in [6, 6.07) is 13.8. The number of pyridine rings is 1. The van der Waals surface area contributed by atoms with Gasteiger partial charge in [-0.3, -0.25) is 9.59 Å². The average molecular weight is 618 g/mol. The molecule has 2 aromatic carbocycles. The van der Waals surface area contributed by atoms with E-state index in [1.54, 1.807) is 17.0 Å². The molecule has 0 fully saturated rings. The number of rotatable bonds is 14. The van der Waals surface area contributed by atoms with Crippen LogP contribution in [0.1, 0.15) is 63.9 Å². The smallest absolute Gasteiger partial charge is 0.382 e. The average Bonchev–Trinajstić information content (AvgIpc) is 3.27. The number of aryl methyl sites for hydroxylation is 1. The molecule has 2 heterocycles. The van der Waals surface area contributed by atoms with Crippen LogP contribution in [0.5, 0.6) is 0 Å². The second-order valence-corrected chi connectivity index (χ2v) is 11.6. The highest BCUT2D eigenvalue weighted by molar-refractivity contribution is 6.37. The molecule has 0 spiro atoms. The van der Waals surface area contributed by atoms with E-state index in [2.05, 4.69) is 11.9 Å². The van der Waals surface area contributed by atoms with Crippen molar-refractivity contribution in [3.8, 4) is 11.3 Å². The molecule has 0 aliphatic heterocycles. The van der Waals surface area contributed by atoms with E-state index < -0.39 is 18.8 Å². The first-order valence-electron chi connectivity index (χ1n) is 14.9. The number of benzene rings is 2. The highest BCUT2D eigenvalue weighted by Crippen LogP contribution is 2.41. The second-order valence-electron chi connectivity index (χ2n) is 11.2. The van der Waals surface area contributed by atoms with Crippen LogP contribution in [0.3, 0.4) is 0 Å². The van der Waals surface area contributed by atoms with Crippen molar-refractivity contribution in [2.45, 2.75) is 83.5 Å². The number of halogens is 4. The Kier molecular flexibility index (Phi) is 11.0. The maximum Gasteiger partial charge on any atom is 0.416 e. The standard InChI is InChI=1S/C33H39ClF3N3O3/c1-3-4-19-39(2)29(43)16-12-7-5-6-11-15-23-30-26(18-17-25-31(30)24(34)20-28(42)38-25)40(21-27(41)33(35,36)37)32(23)22-13-9-8-10-14-22/h8-10,13-14,17-18,20,27,41H,3-7,11-12,15-16,19,21H2,1-2H3,(H,38,42)/t27-/m0/s1. The number of fused-ring (bicyclic) bond motifs is 3. The maximum absolute atomic E-state index is 13.6. The number of aliphatic hydroxyl groups excluding tert-OH is 1. The normalized spacial score (nSPS) is 12.7. The van der Waals surface area contributed by atoms with Gasteiger partial charge in [-0.05, 0) is 48.9 Å². The van der Waals surface area contributed by atoms with Crippen molar-refractivity contribution in [1.29, 1.82) is 0 Å². The Labute approximate surface area is 254 Å². The zero-order chi connectivity index (χ0) is 31.1. The Morgan fingerprint density at radius 3 is 2.42 bits per heavy atom. The number of amides is 1. The molecule has 1 amide bonds. The van der Waals surface area contributed by atoms with E-state index in [4.69, 9.17) is 11.6 Å². The summed E-state index contributed by atoms with van der Waals surface area (Å²) < 4.78 is 42.3. The molecule has 1 atom stereocenters. The van der Waals surface area contributed by atoms with Gasteiger partial charge in [0.1, 0.15) is 0 Å². The fourth-order valence-electron chi connectivity index (χ4n) is 5.69. The van der Waals surface area contributed by atoms with Crippen molar-refractivity contribution in [3.63, 3.8) is 0 Å². The minimum atomic E-state index is -4.80. The SMILES string of the molecule is CCCCN(C)C(=O)CCCCCCCc1c(-c2ccccc2)n(C[C@H](O)C(F)(F)F)c2ccc3[nH]c(=O)cc(Cl)c3c12. The van der Waals surface area contributed by atoms with E-state index in [0.717, 1.165) is 62.6 Å². The summed E-state index contributed by atoms with van der Waals surface area (Å²) in [6.07, 6.45) is 0.0534. The number of carbonyl (C=O) groups excluding carboxylic acids is 1. The number of aromatic amines is 1. The summed E-state index contributed by atoms with van der Waals surface area (Å²) in [6.45, 7) is 2.19. The van der Waals surface area contributed by atoms with Crippen molar-refractivity contribution in [2.24, 2.45) is 0 Å². The summed E-state index contributed by atoms with van der Waals surface area (Å²) in [5.74, 6) is 0.164. The van der Waals surface area contributed by atoms with Gasteiger partial charge in [-0.2, -0.15) is 13.2 Å². The van der Waals surface area contributed by atoms with Gasteiger partial charge >= 0.3 is 6.18 Å². The number of carbonyl (C=O) groups is 1. The van der Waals surface area contributed by atoms with Crippen LogP contribution in [0, 0.1) is 0 Å². The van der Waals surface area contributed by atoms with Crippen molar-refractivity contribution in [2.75, 3.05) is 13.6 Å². The number of nitrogens with zero attached hydrogens (tertiary/aromatic N) is 2. The molecular formula is C33H39ClF3N3O3. The van der Waals surface area contributed by atoms with Crippen molar-refractivity contribution in [3.05, 3.63) is 69.5 Å². The van der Waals surface area contributed by atoms with Crippen LogP contribution >= 0.6 is 11.6 Å². The fourth-order valence-corrected chi connectivity index (χ4v) is 5.98. The number of alkyl halides is 3. The van der Waals surface area contributed by atoms with Crippen LogP contribution in [0.25, 0.3) is 33.1 Å². The molecule has 0 bridgehead atoms. The number of H-pyrrole nitrogens is 1. The Bertz CT molecular complexity index is 1600. The number of aromatic nitrogens is 2. The van der Waals surface area contributed by atoms with Gasteiger partial charge in [0.05, 0.1) is 22.8 Å². The fraction of sp³-hybridized carbons (Fsp3) is 0.455. The molecule has 4 rings (SSSR count). The lowest BCUT2D eigenvalue weighted by Crippen LogP contribution is -2.33. The third-order valence-corrected chi connectivity index (χ3v) is 8.26. The second kappa shape index (κ2) is 14.4. The number of hydrogen-bond donors (Lipinski definition) is 2. The third-order valence-electron chi connectivity index (χ3n) is 7.96. The van der Waals surface area contributed by atoms with Crippen molar-refractivity contribution < 1.29 is 23.1 Å². The molecule has 10 heteroatoms. The molecule has 6 nitrogen and oxygen atoms in total. The van der Waals surface area contributed by atoms with Gasteiger partial charge in [0.15, 0.2) is 6.10 Å².